The Labute approximate surface area is 148 Å². The Balaban J connectivity index is 1.90. The summed E-state index contributed by atoms with van der Waals surface area (Å²) >= 11 is 0. The number of anilines is 1. The molecule has 6 nitrogen and oxygen atoms in total. The van der Waals surface area contributed by atoms with Crippen LogP contribution in [0.25, 0.3) is 0 Å². The fourth-order valence-electron chi connectivity index (χ4n) is 3.08. The van der Waals surface area contributed by atoms with Crippen molar-refractivity contribution in [2.24, 2.45) is 5.92 Å². The van der Waals surface area contributed by atoms with Crippen molar-refractivity contribution in [1.29, 1.82) is 0 Å². The maximum atomic E-state index is 12.5. The quantitative estimate of drug-likeness (QED) is 0.759. The number of hydrogen-bond donors (Lipinski definition) is 0. The lowest BCUT2D eigenvalue weighted by Crippen LogP contribution is -2.30. The SMILES string of the molecule is C=CC(=O)N(Cc1cn(CC(C)C)nn1)c1cccc2c1CCOC2. The molecule has 0 unspecified atom stereocenters. The highest BCUT2D eigenvalue weighted by Crippen LogP contribution is 2.29. The first kappa shape index (κ1) is 17.4. The van der Waals surface area contributed by atoms with Crippen LogP contribution in [0.3, 0.4) is 0 Å². The molecule has 1 aliphatic rings. The molecule has 1 amide bonds. The lowest BCUT2D eigenvalue weighted by molar-refractivity contribution is -0.114. The number of hydrogen-bond acceptors (Lipinski definition) is 4. The Morgan fingerprint density at radius 3 is 3.08 bits per heavy atom. The van der Waals surface area contributed by atoms with Crippen LogP contribution >= 0.6 is 0 Å². The first-order valence-electron chi connectivity index (χ1n) is 8.60. The molecule has 0 bridgehead atoms. The number of fused-ring (bicyclic) bond motifs is 1. The van der Waals surface area contributed by atoms with Crippen LogP contribution in [0.2, 0.25) is 0 Å². The van der Waals surface area contributed by atoms with Crippen LogP contribution < -0.4 is 4.90 Å². The fourth-order valence-corrected chi connectivity index (χ4v) is 3.08. The normalized spacial score (nSPS) is 13.6. The van der Waals surface area contributed by atoms with E-state index in [0.717, 1.165) is 29.9 Å². The summed E-state index contributed by atoms with van der Waals surface area (Å²) < 4.78 is 7.35. The zero-order valence-corrected chi connectivity index (χ0v) is 14.8. The molecule has 0 atom stereocenters. The van der Waals surface area contributed by atoms with E-state index in [1.807, 2.05) is 29.1 Å². The van der Waals surface area contributed by atoms with Crippen LogP contribution in [0, 0.1) is 5.92 Å². The molecule has 0 saturated carbocycles. The van der Waals surface area contributed by atoms with Crippen LogP contribution in [0.4, 0.5) is 5.69 Å². The molecule has 1 aromatic heterocycles. The fraction of sp³-hybridized carbons (Fsp3) is 0.421. The molecule has 1 aliphatic heterocycles. The van der Waals surface area contributed by atoms with E-state index in [4.69, 9.17) is 4.74 Å². The summed E-state index contributed by atoms with van der Waals surface area (Å²) in [7, 11) is 0. The van der Waals surface area contributed by atoms with Gasteiger partial charge in [-0.05, 0) is 35.6 Å². The molecule has 25 heavy (non-hydrogen) atoms. The zero-order valence-electron chi connectivity index (χ0n) is 14.8. The second-order valence-corrected chi connectivity index (χ2v) is 6.67. The molecule has 1 aromatic carbocycles. The Bertz CT molecular complexity index is 767. The summed E-state index contributed by atoms with van der Waals surface area (Å²) in [6.45, 7) is 10.4. The van der Waals surface area contributed by atoms with Gasteiger partial charge in [-0.15, -0.1) is 5.10 Å². The largest absolute Gasteiger partial charge is 0.376 e. The third kappa shape index (κ3) is 3.96. The smallest absolute Gasteiger partial charge is 0.250 e. The molecule has 6 heteroatoms. The third-order valence-corrected chi connectivity index (χ3v) is 4.19. The van der Waals surface area contributed by atoms with Crippen molar-refractivity contribution in [2.75, 3.05) is 11.5 Å². The highest BCUT2D eigenvalue weighted by atomic mass is 16.5. The standard InChI is InChI=1S/C19H24N4O2/c1-4-19(24)23(12-16-11-22(21-20-16)10-14(2)3)18-7-5-6-15-13-25-9-8-17(15)18/h4-7,11,14H,1,8-10,12-13H2,2-3H3. The number of amides is 1. The van der Waals surface area contributed by atoms with E-state index in [-0.39, 0.29) is 5.91 Å². The van der Waals surface area contributed by atoms with Crippen molar-refractivity contribution in [1.82, 2.24) is 15.0 Å². The van der Waals surface area contributed by atoms with Gasteiger partial charge in [0.05, 0.1) is 26.0 Å². The second-order valence-electron chi connectivity index (χ2n) is 6.67. The van der Waals surface area contributed by atoms with Crippen molar-refractivity contribution in [3.05, 3.63) is 53.9 Å². The van der Waals surface area contributed by atoms with E-state index in [0.29, 0.717) is 25.7 Å². The Kier molecular flexibility index (Phi) is 5.28. The van der Waals surface area contributed by atoms with Crippen LogP contribution in [0.15, 0.2) is 37.1 Å². The predicted octanol–water partition coefficient (Wildman–Crippen LogP) is 2.73. The number of ether oxygens (including phenoxy) is 1. The summed E-state index contributed by atoms with van der Waals surface area (Å²) in [5.41, 5.74) is 3.97. The van der Waals surface area contributed by atoms with Crippen molar-refractivity contribution in [3.63, 3.8) is 0 Å². The molecule has 0 saturated heterocycles. The molecular weight excluding hydrogens is 316 g/mol. The molecule has 2 heterocycles. The van der Waals surface area contributed by atoms with Gasteiger partial charge in [0.2, 0.25) is 0 Å². The van der Waals surface area contributed by atoms with Gasteiger partial charge < -0.3 is 9.64 Å². The third-order valence-electron chi connectivity index (χ3n) is 4.19. The van der Waals surface area contributed by atoms with Gasteiger partial charge in [0.15, 0.2) is 0 Å². The van der Waals surface area contributed by atoms with Gasteiger partial charge in [0.25, 0.3) is 5.91 Å². The van der Waals surface area contributed by atoms with Gasteiger partial charge >= 0.3 is 0 Å². The molecular formula is C19H24N4O2. The van der Waals surface area contributed by atoms with Gasteiger partial charge in [-0.3, -0.25) is 9.48 Å². The number of carbonyl (C=O) groups is 1. The molecule has 3 rings (SSSR count). The van der Waals surface area contributed by atoms with Gasteiger partial charge in [0, 0.05) is 12.2 Å². The lowest BCUT2D eigenvalue weighted by Gasteiger charge is -2.27. The van der Waals surface area contributed by atoms with Crippen molar-refractivity contribution in [3.8, 4) is 0 Å². The maximum Gasteiger partial charge on any atom is 0.250 e. The van der Waals surface area contributed by atoms with Crippen LogP contribution in [-0.2, 0) is 35.6 Å². The number of aromatic nitrogens is 3. The Morgan fingerprint density at radius 2 is 2.32 bits per heavy atom. The zero-order chi connectivity index (χ0) is 17.8. The summed E-state index contributed by atoms with van der Waals surface area (Å²) in [5.74, 6) is 0.347. The summed E-state index contributed by atoms with van der Waals surface area (Å²) in [5, 5.41) is 8.38. The van der Waals surface area contributed by atoms with Gasteiger partial charge in [-0.2, -0.15) is 0 Å². The van der Waals surface area contributed by atoms with Crippen molar-refractivity contribution < 1.29 is 9.53 Å². The summed E-state index contributed by atoms with van der Waals surface area (Å²) in [6.07, 6.45) is 4.05. The number of rotatable bonds is 6. The maximum absolute atomic E-state index is 12.5. The number of benzene rings is 1. The lowest BCUT2D eigenvalue weighted by atomic mass is 10.00. The highest BCUT2D eigenvalue weighted by molar-refractivity contribution is 6.01. The average molecular weight is 340 g/mol. The average Bonchev–Trinajstić information content (AvgIpc) is 3.05. The molecule has 0 fully saturated rings. The molecule has 0 spiro atoms. The molecule has 0 N–H and O–H groups in total. The van der Waals surface area contributed by atoms with Gasteiger partial charge in [0.1, 0.15) is 5.69 Å². The predicted molar refractivity (Wildman–Crippen MR) is 96.0 cm³/mol. The topological polar surface area (TPSA) is 60.2 Å². The monoisotopic (exact) mass is 340 g/mol. The van der Waals surface area contributed by atoms with E-state index in [1.54, 1.807) is 4.90 Å². The van der Waals surface area contributed by atoms with E-state index in [1.165, 1.54) is 11.6 Å². The van der Waals surface area contributed by atoms with E-state index in [2.05, 4.69) is 30.7 Å². The molecule has 132 valence electrons. The number of carbonyl (C=O) groups excluding carboxylic acids is 1. The van der Waals surface area contributed by atoms with Crippen molar-refractivity contribution in [2.45, 2.75) is 40.0 Å². The molecule has 0 aliphatic carbocycles. The molecule has 0 radical (unpaired) electrons. The van der Waals surface area contributed by atoms with Crippen LogP contribution in [0.5, 0.6) is 0 Å². The minimum Gasteiger partial charge on any atom is -0.376 e. The number of nitrogens with zero attached hydrogens (tertiary/aromatic N) is 4. The summed E-state index contributed by atoms with van der Waals surface area (Å²) in [4.78, 5) is 14.2. The van der Waals surface area contributed by atoms with Crippen LogP contribution in [-0.4, -0.2) is 27.5 Å². The Hall–Kier alpha value is -2.47. The van der Waals surface area contributed by atoms with Crippen molar-refractivity contribution >= 4 is 11.6 Å². The van der Waals surface area contributed by atoms with Gasteiger partial charge in [-0.1, -0.05) is 37.8 Å². The minimum atomic E-state index is -0.140. The van der Waals surface area contributed by atoms with E-state index < -0.39 is 0 Å². The second kappa shape index (κ2) is 7.61. The van der Waals surface area contributed by atoms with E-state index in [9.17, 15) is 4.79 Å². The highest BCUT2D eigenvalue weighted by Gasteiger charge is 2.22. The van der Waals surface area contributed by atoms with E-state index >= 15 is 0 Å². The Morgan fingerprint density at radius 1 is 1.48 bits per heavy atom. The minimum absolute atomic E-state index is 0.140. The summed E-state index contributed by atoms with van der Waals surface area (Å²) in [6, 6.07) is 5.99. The van der Waals surface area contributed by atoms with Crippen LogP contribution in [0.1, 0.15) is 30.7 Å². The molecule has 2 aromatic rings. The first-order valence-corrected chi connectivity index (χ1v) is 8.60. The first-order chi connectivity index (χ1) is 12.1. The van der Waals surface area contributed by atoms with Gasteiger partial charge in [-0.25, -0.2) is 0 Å².